The van der Waals surface area contributed by atoms with E-state index in [-0.39, 0.29) is 24.1 Å². The van der Waals surface area contributed by atoms with E-state index < -0.39 is 5.92 Å². The molecule has 6 heteroatoms. The van der Waals surface area contributed by atoms with Gasteiger partial charge in [0.15, 0.2) is 0 Å². The maximum absolute atomic E-state index is 13.0. The van der Waals surface area contributed by atoms with Crippen LogP contribution >= 0.6 is 0 Å². The summed E-state index contributed by atoms with van der Waals surface area (Å²) in [6, 6.07) is 13.7. The molecule has 0 aliphatic carbocycles. The minimum atomic E-state index is -0.421. The van der Waals surface area contributed by atoms with Crippen molar-refractivity contribution in [1.29, 1.82) is 0 Å². The summed E-state index contributed by atoms with van der Waals surface area (Å²) in [5, 5.41) is 2.77. The molecular weight excluding hydrogens is 369 g/mol. The molecule has 4 rings (SSSR count). The Morgan fingerprint density at radius 3 is 2.28 bits per heavy atom. The fourth-order valence-electron chi connectivity index (χ4n) is 4.02. The van der Waals surface area contributed by atoms with E-state index >= 15 is 0 Å². The van der Waals surface area contributed by atoms with Gasteiger partial charge < -0.3 is 15.1 Å². The average molecular weight is 395 g/mol. The summed E-state index contributed by atoms with van der Waals surface area (Å²) < 4.78 is 13.0. The normalized spacial score (nSPS) is 20.2. The van der Waals surface area contributed by atoms with Gasteiger partial charge in [-0.15, -0.1) is 0 Å². The molecule has 2 aliphatic heterocycles. The second-order valence-corrected chi connectivity index (χ2v) is 8.09. The molecule has 2 aliphatic rings. The van der Waals surface area contributed by atoms with E-state index in [0.717, 1.165) is 24.7 Å². The predicted octanol–water partition coefficient (Wildman–Crippen LogP) is 4.05. The number of benzene rings is 2. The summed E-state index contributed by atoms with van der Waals surface area (Å²) in [7, 11) is 0. The van der Waals surface area contributed by atoms with E-state index in [1.807, 2.05) is 12.1 Å². The molecule has 2 fully saturated rings. The Morgan fingerprint density at radius 1 is 1.00 bits per heavy atom. The number of halogens is 1. The molecular formula is C23H26FN3O2. The quantitative estimate of drug-likeness (QED) is 0.850. The van der Waals surface area contributed by atoms with E-state index in [1.54, 1.807) is 4.90 Å². The first-order chi connectivity index (χ1) is 14.0. The summed E-state index contributed by atoms with van der Waals surface area (Å²) in [5.41, 5.74) is 2.53. The second-order valence-electron chi connectivity index (χ2n) is 8.09. The van der Waals surface area contributed by atoms with Gasteiger partial charge in [0.25, 0.3) is 0 Å². The molecule has 0 saturated carbocycles. The minimum absolute atomic E-state index is 0.0520. The maximum atomic E-state index is 13.0. The number of hydrogen-bond donors (Lipinski definition) is 1. The van der Waals surface area contributed by atoms with Crippen molar-refractivity contribution in [3.63, 3.8) is 0 Å². The predicted molar refractivity (Wildman–Crippen MR) is 113 cm³/mol. The molecule has 2 aromatic rings. The number of carbonyl (C=O) groups is 2. The van der Waals surface area contributed by atoms with Gasteiger partial charge in [-0.3, -0.25) is 9.59 Å². The van der Waals surface area contributed by atoms with Gasteiger partial charge in [0.2, 0.25) is 11.8 Å². The van der Waals surface area contributed by atoms with Crippen LogP contribution in [-0.4, -0.2) is 31.4 Å². The highest BCUT2D eigenvalue weighted by Gasteiger charge is 2.35. The third-order valence-corrected chi connectivity index (χ3v) is 5.92. The summed E-state index contributed by atoms with van der Waals surface area (Å²) >= 11 is 0. The number of anilines is 3. The molecule has 2 heterocycles. The van der Waals surface area contributed by atoms with Crippen molar-refractivity contribution in [3.8, 4) is 0 Å². The molecule has 2 saturated heterocycles. The van der Waals surface area contributed by atoms with Crippen LogP contribution in [-0.2, 0) is 9.59 Å². The second kappa shape index (κ2) is 8.23. The lowest BCUT2D eigenvalue weighted by Crippen LogP contribution is -2.32. The number of nitrogens with zero attached hydrogens (tertiary/aromatic N) is 2. The zero-order chi connectivity index (χ0) is 20.4. The van der Waals surface area contributed by atoms with Crippen molar-refractivity contribution < 1.29 is 14.0 Å². The van der Waals surface area contributed by atoms with Crippen molar-refractivity contribution in [1.82, 2.24) is 0 Å². The van der Waals surface area contributed by atoms with Crippen molar-refractivity contribution in [2.75, 3.05) is 34.8 Å². The number of hydrogen-bond acceptors (Lipinski definition) is 3. The van der Waals surface area contributed by atoms with Gasteiger partial charge in [-0.25, -0.2) is 4.39 Å². The van der Waals surface area contributed by atoms with E-state index in [0.29, 0.717) is 12.2 Å². The summed E-state index contributed by atoms with van der Waals surface area (Å²) in [5.74, 6) is -0.260. The molecule has 0 bridgehead atoms. The van der Waals surface area contributed by atoms with Crippen molar-refractivity contribution >= 4 is 28.9 Å². The standard InChI is InChI=1S/C23H26FN3O2/c1-16-10-12-26(13-11-16)20-6-8-21(9-7-20)27-15-17(14-22(27)28)23(29)25-19-4-2-18(24)3-5-19/h2-9,16-17H,10-15H2,1H3,(H,25,29). The van der Waals surface area contributed by atoms with Crippen LogP contribution in [0.2, 0.25) is 0 Å². The summed E-state index contributed by atoms with van der Waals surface area (Å²) in [6.45, 7) is 4.78. The zero-order valence-electron chi connectivity index (χ0n) is 16.6. The van der Waals surface area contributed by atoms with E-state index in [4.69, 9.17) is 0 Å². The monoisotopic (exact) mass is 395 g/mol. The molecule has 29 heavy (non-hydrogen) atoms. The Kier molecular flexibility index (Phi) is 5.51. The van der Waals surface area contributed by atoms with Gasteiger partial charge in [0.1, 0.15) is 5.82 Å². The third-order valence-electron chi connectivity index (χ3n) is 5.92. The molecule has 1 atom stereocenters. The molecule has 0 aromatic heterocycles. The van der Waals surface area contributed by atoms with Crippen LogP contribution in [0.15, 0.2) is 48.5 Å². The summed E-state index contributed by atoms with van der Waals surface area (Å²) in [4.78, 5) is 29.1. The topological polar surface area (TPSA) is 52.6 Å². The number of rotatable bonds is 4. The van der Waals surface area contributed by atoms with Crippen LogP contribution in [0.1, 0.15) is 26.2 Å². The lowest BCUT2D eigenvalue weighted by Gasteiger charge is -2.32. The minimum Gasteiger partial charge on any atom is -0.372 e. The highest BCUT2D eigenvalue weighted by atomic mass is 19.1. The maximum Gasteiger partial charge on any atom is 0.229 e. The molecule has 0 spiro atoms. The van der Waals surface area contributed by atoms with Crippen molar-refractivity contribution in [2.45, 2.75) is 26.2 Å². The van der Waals surface area contributed by atoms with Crippen LogP contribution in [0.5, 0.6) is 0 Å². The largest absolute Gasteiger partial charge is 0.372 e. The van der Waals surface area contributed by atoms with E-state index in [2.05, 4.69) is 29.3 Å². The van der Waals surface area contributed by atoms with Crippen LogP contribution < -0.4 is 15.1 Å². The molecule has 152 valence electrons. The van der Waals surface area contributed by atoms with Gasteiger partial charge in [-0.05, 0) is 67.3 Å². The Balaban J connectivity index is 1.38. The molecule has 2 amide bonds. The number of carbonyl (C=O) groups excluding carboxylic acids is 2. The van der Waals surface area contributed by atoms with Crippen LogP contribution in [0.4, 0.5) is 21.5 Å². The highest BCUT2D eigenvalue weighted by molar-refractivity contribution is 6.03. The van der Waals surface area contributed by atoms with Gasteiger partial charge in [-0.1, -0.05) is 6.92 Å². The van der Waals surface area contributed by atoms with E-state index in [1.165, 1.54) is 42.8 Å². The Hall–Kier alpha value is -2.89. The number of amides is 2. The molecule has 1 unspecified atom stereocenters. The fourth-order valence-corrected chi connectivity index (χ4v) is 4.02. The smallest absolute Gasteiger partial charge is 0.229 e. The van der Waals surface area contributed by atoms with Gasteiger partial charge in [0, 0.05) is 43.1 Å². The van der Waals surface area contributed by atoms with E-state index in [9.17, 15) is 14.0 Å². The number of piperidine rings is 1. The van der Waals surface area contributed by atoms with Gasteiger partial charge in [0.05, 0.1) is 5.92 Å². The molecule has 2 aromatic carbocycles. The van der Waals surface area contributed by atoms with Crippen LogP contribution in [0.25, 0.3) is 0 Å². The molecule has 1 N–H and O–H groups in total. The lowest BCUT2D eigenvalue weighted by molar-refractivity contribution is -0.122. The van der Waals surface area contributed by atoms with Crippen LogP contribution in [0.3, 0.4) is 0 Å². The molecule has 5 nitrogen and oxygen atoms in total. The van der Waals surface area contributed by atoms with Gasteiger partial charge >= 0.3 is 0 Å². The van der Waals surface area contributed by atoms with Crippen LogP contribution in [0, 0.1) is 17.7 Å². The van der Waals surface area contributed by atoms with Crippen molar-refractivity contribution in [2.24, 2.45) is 11.8 Å². The first-order valence-electron chi connectivity index (χ1n) is 10.2. The Labute approximate surface area is 170 Å². The lowest BCUT2D eigenvalue weighted by atomic mass is 9.99. The Morgan fingerprint density at radius 2 is 1.62 bits per heavy atom. The highest BCUT2D eigenvalue weighted by Crippen LogP contribution is 2.29. The third kappa shape index (κ3) is 4.42. The molecule has 0 radical (unpaired) electrons. The summed E-state index contributed by atoms with van der Waals surface area (Å²) in [6.07, 6.45) is 2.59. The first-order valence-corrected chi connectivity index (χ1v) is 10.2. The SMILES string of the molecule is CC1CCN(c2ccc(N3CC(C(=O)Nc4ccc(F)cc4)CC3=O)cc2)CC1. The zero-order valence-corrected chi connectivity index (χ0v) is 16.6. The fraction of sp³-hybridized carbons (Fsp3) is 0.391. The first kappa shape index (κ1) is 19.4. The number of nitrogens with one attached hydrogen (secondary N) is 1. The van der Waals surface area contributed by atoms with Crippen molar-refractivity contribution in [3.05, 3.63) is 54.3 Å². The van der Waals surface area contributed by atoms with Gasteiger partial charge in [-0.2, -0.15) is 0 Å². The average Bonchev–Trinajstić information content (AvgIpc) is 3.12. The Bertz CT molecular complexity index is 874.